The van der Waals surface area contributed by atoms with E-state index >= 15 is 0 Å². The van der Waals surface area contributed by atoms with Gasteiger partial charge in [-0.15, -0.1) is 0 Å². The predicted molar refractivity (Wildman–Crippen MR) is 64.5 cm³/mol. The summed E-state index contributed by atoms with van der Waals surface area (Å²) in [4.78, 5) is 2.41. The largest absolute Gasteiger partial charge is 0.396 e. The Morgan fingerprint density at radius 3 is 2.62 bits per heavy atom. The molecule has 1 N–H and O–H groups in total. The van der Waals surface area contributed by atoms with Gasteiger partial charge in [-0.2, -0.15) is 0 Å². The van der Waals surface area contributed by atoms with Crippen molar-refractivity contribution in [1.82, 2.24) is 4.90 Å². The van der Waals surface area contributed by atoms with Crippen LogP contribution in [0.1, 0.15) is 38.5 Å². The smallest absolute Gasteiger partial charge is 0.0622 e. The number of hydrogen-bond acceptors (Lipinski definition) is 3. The van der Waals surface area contributed by atoms with E-state index in [2.05, 4.69) is 11.9 Å². The van der Waals surface area contributed by atoms with Crippen molar-refractivity contribution in [1.29, 1.82) is 0 Å². The molecule has 2 rings (SSSR count). The molecular weight excluding hydrogens is 202 g/mol. The van der Waals surface area contributed by atoms with Gasteiger partial charge in [0.05, 0.1) is 6.61 Å². The van der Waals surface area contributed by atoms with Crippen LogP contribution in [0.4, 0.5) is 0 Å². The molecule has 0 aromatic heterocycles. The first-order valence-corrected chi connectivity index (χ1v) is 6.65. The van der Waals surface area contributed by atoms with E-state index < -0.39 is 0 Å². The number of hydrogen-bond donors (Lipinski definition) is 1. The van der Waals surface area contributed by atoms with Gasteiger partial charge in [-0.1, -0.05) is 19.3 Å². The molecule has 3 nitrogen and oxygen atoms in total. The maximum absolute atomic E-state index is 9.68. The van der Waals surface area contributed by atoms with Crippen LogP contribution < -0.4 is 0 Å². The lowest BCUT2D eigenvalue weighted by molar-refractivity contribution is 0.0332. The fraction of sp³-hybridized carbons (Fsp3) is 1.00. The highest BCUT2D eigenvalue weighted by molar-refractivity contribution is 4.87. The Labute approximate surface area is 98.8 Å². The van der Waals surface area contributed by atoms with Crippen molar-refractivity contribution in [2.45, 2.75) is 44.6 Å². The standard InChI is InChI=1S/C13H25NO2/c1-14(12-5-8-16-9-12)10-13(11-15)6-3-2-4-7-13/h12,15H,2-11H2,1H3. The summed E-state index contributed by atoms with van der Waals surface area (Å²) in [5, 5.41) is 9.68. The maximum Gasteiger partial charge on any atom is 0.0622 e. The molecule has 94 valence electrons. The summed E-state index contributed by atoms with van der Waals surface area (Å²) in [6.07, 6.45) is 7.46. The van der Waals surface area contributed by atoms with Gasteiger partial charge in [-0.3, -0.25) is 0 Å². The van der Waals surface area contributed by atoms with Gasteiger partial charge in [-0.05, 0) is 26.3 Å². The summed E-state index contributed by atoms with van der Waals surface area (Å²) in [6.45, 7) is 3.17. The molecule has 0 aromatic carbocycles. The molecular formula is C13H25NO2. The molecule has 1 saturated carbocycles. The Bertz CT molecular complexity index is 208. The second-order valence-electron chi connectivity index (χ2n) is 5.65. The number of ether oxygens (including phenoxy) is 1. The molecule has 0 bridgehead atoms. The summed E-state index contributed by atoms with van der Waals surface area (Å²) in [5.41, 5.74) is 0.176. The first-order chi connectivity index (χ1) is 7.76. The topological polar surface area (TPSA) is 32.7 Å². The highest BCUT2D eigenvalue weighted by Crippen LogP contribution is 2.37. The average Bonchev–Trinajstić information content (AvgIpc) is 2.84. The van der Waals surface area contributed by atoms with Crippen molar-refractivity contribution in [3.63, 3.8) is 0 Å². The monoisotopic (exact) mass is 227 g/mol. The van der Waals surface area contributed by atoms with E-state index in [1.807, 2.05) is 0 Å². The van der Waals surface area contributed by atoms with E-state index in [0.717, 1.165) is 26.2 Å². The van der Waals surface area contributed by atoms with Gasteiger partial charge >= 0.3 is 0 Å². The van der Waals surface area contributed by atoms with Crippen molar-refractivity contribution >= 4 is 0 Å². The lowest BCUT2D eigenvalue weighted by atomic mass is 9.74. The number of likely N-dealkylation sites (N-methyl/N-ethyl adjacent to an activating group) is 1. The fourth-order valence-electron chi connectivity index (χ4n) is 3.20. The summed E-state index contributed by atoms with van der Waals surface area (Å²) < 4.78 is 5.43. The Morgan fingerprint density at radius 1 is 1.31 bits per heavy atom. The molecule has 1 aliphatic heterocycles. The van der Waals surface area contributed by atoms with Gasteiger partial charge in [-0.25, -0.2) is 0 Å². The molecule has 1 aliphatic carbocycles. The summed E-state index contributed by atoms with van der Waals surface area (Å²) in [7, 11) is 2.19. The first kappa shape index (κ1) is 12.3. The number of aliphatic hydroxyl groups is 1. The van der Waals surface area contributed by atoms with Gasteiger partial charge in [0.1, 0.15) is 0 Å². The Morgan fingerprint density at radius 2 is 2.06 bits per heavy atom. The Balaban J connectivity index is 1.89. The average molecular weight is 227 g/mol. The summed E-state index contributed by atoms with van der Waals surface area (Å²) >= 11 is 0. The lowest BCUT2D eigenvalue weighted by Gasteiger charge is -2.40. The maximum atomic E-state index is 9.68. The van der Waals surface area contributed by atoms with E-state index in [0.29, 0.717) is 12.6 Å². The third-order valence-electron chi connectivity index (χ3n) is 4.36. The Kier molecular flexibility index (Phi) is 4.22. The quantitative estimate of drug-likeness (QED) is 0.792. The minimum absolute atomic E-state index is 0.176. The zero-order chi connectivity index (χ0) is 11.4. The molecule has 1 unspecified atom stereocenters. The van der Waals surface area contributed by atoms with Gasteiger partial charge in [0, 0.05) is 31.2 Å². The third kappa shape index (κ3) is 2.76. The van der Waals surface area contributed by atoms with Crippen molar-refractivity contribution in [3.05, 3.63) is 0 Å². The van der Waals surface area contributed by atoms with Gasteiger partial charge < -0.3 is 14.7 Å². The number of rotatable bonds is 4. The molecule has 0 aromatic rings. The van der Waals surface area contributed by atoms with Crippen LogP contribution in [0.15, 0.2) is 0 Å². The molecule has 1 heterocycles. The van der Waals surface area contributed by atoms with E-state index in [1.165, 1.54) is 32.1 Å². The van der Waals surface area contributed by atoms with Crippen molar-refractivity contribution < 1.29 is 9.84 Å². The van der Waals surface area contributed by atoms with Crippen molar-refractivity contribution in [2.75, 3.05) is 33.4 Å². The molecule has 3 heteroatoms. The highest BCUT2D eigenvalue weighted by atomic mass is 16.5. The zero-order valence-corrected chi connectivity index (χ0v) is 10.5. The van der Waals surface area contributed by atoms with Gasteiger partial charge in [0.15, 0.2) is 0 Å². The normalized spacial score (nSPS) is 29.8. The van der Waals surface area contributed by atoms with E-state index in [-0.39, 0.29) is 5.41 Å². The molecule has 0 spiro atoms. The molecule has 1 atom stereocenters. The minimum Gasteiger partial charge on any atom is -0.396 e. The fourth-order valence-corrected chi connectivity index (χ4v) is 3.20. The van der Waals surface area contributed by atoms with Crippen LogP contribution in [0.3, 0.4) is 0 Å². The second kappa shape index (κ2) is 5.48. The minimum atomic E-state index is 0.176. The van der Waals surface area contributed by atoms with E-state index in [4.69, 9.17) is 4.74 Å². The van der Waals surface area contributed by atoms with Crippen LogP contribution in [-0.2, 0) is 4.74 Å². The third-order valence-corrected chi connectivity index (χ3v) is 4.36. The predicted octanol–water partition coefficient (Wildman–Crippen LogP) is 1.65. The Hall–Kier alpha value is -0.120. The van der Waals surface area contributed by atoms with Crippen LogP contribution in [0, 0.1) is 5.41 Å². The van der Waals surface area contributed by atoms with Crippen molar-refractivity contribution in [3.8, 4) is 0 Å². The van der Waals surface area contributed by atoms with E-state index in [9.17, 15) is 5.11 Å². The molecule has 0 radical (unpaired) electrons. The van der Waals surface area contributed by atoms with Crippen LogP contribution in [0.25, 0.3) is 0 Å². The molecule has 2 fully saturated rings. The molecule has 0 amide bonds. The van der Waals surface area contributed by atoms with Crippen LogP contribution in [-0.4, -0.2) is 49.5 Å². The van der Waals surface area contributed by atoms with Crippen molar-refractivity contribution in [2.24, 2.45) is 5.41 Å². The van der Waals surface area contributed by atoms with E-state index in [1.54, 1.807) is 0 Å². The SMILES string of the molecule is CN(CC1(CO)CCCCC1)C1CCOC1. The molecule has 1 saturated heterocycles. The highest BCUT2D eigenvalue weighted by Gasteiger charge is 2.34. The van der Waals surface area contributed by atoms with Gasteiger partial charge in [0.2, 0.25) is 0 Å². The molecule has 2 aliphatic rings. The van der Waals surface area contributed by atoms with Crippen LogP contribution >= 0.6 is 0 Å². The van der Waals surface area contributed by atoms with Crippen LogP contribution in [0.2, 0.25) is 0 Å². The number of nitrogens with zero attached hydrogens (tertiary/aromatic N) is 1. The van der Waals surface area contributed by atoms with Gasteiger partial charge in [0.25, 0.3) is 0 Å². The summed E-state index contributed by atoms with van der Waals surface area (Å²) in [6, 6.07) is 0.574. The van der Waals surface area contributed by atoms with Crippen LogP contribution in [0.5, 0.6) is 0 Å². The number of aliphatic hydroxyl groups excluding tert-OH is 1. The lowest BCUT2D eigenvalue weighted by Crippen LogP contribution is -2.44. The first-order valence-electron chi connectivity index (χ1n) is 6.65. The second-order valence-corrected chi connectivity index (χ2v) is 5.65. The zero-order valence-electron chi connectivity index (χ0n) is 10.5. The summed E-state index contributed by atoms with van der Waals surface area (Å²) in [5.74, 6) is 0. The molecule has 16 heavy (non-hydrogen) atoms.